The highest BCUT2D eigenvalue weighted by atomic mass is 19.1. The molecule has 1 nitrogen and oxygen atoms in total. The van der Waals surface area contributed by atoms with Gasteiger partial charge >= 0.3 is 0 Å². The third kappa shape index (κ3) is 4.06. The van der Waals surface area contributed by atoms with Gasteiger partial charge in [0.2, 0.25) is 0 Å². The summed E-state index contributed by atoms with van der Waals surface area (Å²) in [6.07, 6.45) is 6.05. The zero-order valence-electron chi connectivity index (χ0n) is 14.0. The van der Waals surface area contributed by atoms with Crippen molar-refractivity contribution >= 4 is 0 Å². The number of rotatable bonds is 4. The second-order valence-electron chi connectivity index (χ2n) is 7.51. The summed E-state index contributed by atoms with van der Waals surface area (Å²) in [4.78, 5) is 0. The molecule has 3 unspecified atom stereocenters. The van der Waals surface area contributed by atoms with Crippen molar-refractivity contribution in [2.45, 2.75) is 71.9 Å². The summed E-state index contributed by atoms with van der Waals surface area (Å²) in [6, 6.07) is 7.82. The van der Waals surface area contributed by atoms with E-state index < -0.39 is 0 Å². The standard InChI is InChI=1S/C19H30FN/c1-5-17(14-10-6-8-12-16(14)20)21-18-13-9-7-11-15(18)19(2,3)4/h6,8,10,12,15,17-18,21H,5,7,9,11,13H2,1-4H3. The largest absolute Gasteiger partial charge is 0.307 e. The minimum Gasteiger partial charge on any atom is -0.307 e. The number of halogens is 1. The maximum atomic E-state index is 14.1. The van der Waals surface area contributed by atoms with Crippen LogP contribution in [0, 0.1) is 17.2 Å². The maximum absolute atomic E-state index is 14.1. The molecule has 1 fully saturated rings. The molecular formula is C19H30FN. The zero-order chi connectivity index (χ0) is 15.5. The van der Waals surface area contributed by atoms with Gasteiger partial charge in [-0.15, -0.1) is 0 Å². The van der Waals surface area contributed by atoms with Crippen LogP contribution in [-0.4, -0.2) is 6.04 Å². The van der Waals surface area contributed by atoms with Crippen LogP contribution in [0.2, 0.25) is 0 Å². The van der Waals surface area contributed by atoms with E-state index in [2.05, 4.69) is 33.0 Å². The summed E-state index contributed by atoms with van der Waals surface area (Å²) < 4.78 is 14.1. The monoisotopic (exact) mass is 291 g/mol. The van der Waals surface area contributed by atoms with Gasteiger partial charge in [-0.3, -0.25) is 0 Å². The summed E-state index contributed by atoms with van der Waals surface area (Å²) in [5, 5.41) is 3.78. The summed E-state index contributed by atoms with van der Waals surface area (Å²) in [6.45, 7) is 9.14. The molecule has 2 rings (SSSR count). The first-order chi connectivity index (χ1) is 9.93. The van der Waals surface area contributed by atoms with E-state index in [4.69, 9.17) is 0 Å². The Morgan fingerprint density at radius 3 is 2.48 bits per heavy atom. The molecule has 1 aliphatic rings. The average molecular weight is 291 g/mol. The van der Waals surface area contributed by atoms with E-state index in [-0.39, 0.29) is 11.9 Å². The summed E-state index contributed by atoms with van der Waals surface area (Å²) >= 11 is 0. The van der Waals surface area contributed by atoms with Crippen LogP contribution in [0.1, 0.15) is 71.4 Å². The Kier molecular flexibility index (Phi) is 5.43. The molecule has 0 spiro atoms. The first kappa shape index (κ1) is 16.5. The van der Waals surface area contributed by atoms with Gasteiger partial charge in [-0.25, -0.2) is 4.39 Å². The number of hydrogen-bond donors (Lipinski definition) is 1. The highest BCUT2D eigenvalue weighted by Crippen LogP contribution is 2.39. The van der Waals surface area contributed by atoms with Crippen molar-refractivity contribution in [3.05, 3.63) is 35.6 Å². The van der Waals surface area contributed by atoms with Gasteiger partial charge in [0.25, 0.3) is 0 Å². The van der Waals surface area contributed by atoms with Gasteiger partial charge in [0.15, 0.2) is 0 Å². The predicted molar refractivity (Wildman–Crippen MR) is 87.8 cm³/mol. The van der Waals surface area contributed by atoms with Gasteiger partial charge in [0.1, 0.15) is 5.82 Å². The minimum atomic E-state index is -0.0834. The topological polar surface area (TPSA) is 12.0 Å². The molecule has 0 bridgehead atoms. The third-order valence-corrected chi connectivity index (χ3v) is 4.98. The first-order valence-corrected chi connectivity index (χ1v) is 8.44. The lowest BCUT2D eigenvalue weighted by Crippen LogP contribution is -2.45. The molecule has 0 saturated heterocycles. The molecule has 3 atom stereocenters. The van der Waals surface area contributed by atoms with Crippen LogP contribution in [0.25, 0.3) is 0 Å². The molecule has 21 heavy (non-hydrogen) atoms. The van der Waals surface area contributed by atoms with Crippen LogP contribution in [-0.2, 0) is 0 Å². The first-order valence-electron chi connectivity index (χ1n) is 8.44. The van der Waals surface area contributed by atoms with Crippen molar-refractivity contribution < 1.29 is 4.39 Å². The minimum absolute atomic E-state index is 0.0834. The molecule has 1 saturated carbocycles. The molecule has 0 heterocycles. The van der Waals surface area contributed by atoms with E-state index in [0.29, 0.717) is 17.4 Å². The van der Waals surface area contributed by atoms with Crippen LogP contribution in [0.4, 0.5) is 4.39 Å². The number of nitrogens with one attached hydrogen (secondary N) is 1. The van der Waals surface area contributed by atoms with Gasteiger partial charge in [-0.1, -0.05) is 58.7 Å². The van der Waals surface area contributed by atoms with Crippen LogP contribution < -0.4 is 5.32 Å². The van der Waals surface area contributed by atoms with Crippen LogP contribution in [0.5, 0.6) is 0 Å². The SMILES string of the molecule is CCC(NC1CCCCC1C(C)(C)C)c1ccccc1F. The van der Waals surface area contributed by atoms with E-state index >= 15 is 0 Å². The fourth-order valence-electron chi connectivity index (χ4n) is 3.81. The lowest BCUT2D eigenvalue weighted by Gasteiger charge is -2.42. The summed E-state index contributed by atoms with van der Waals surface area (Å²) in [5.74, 6) is 0.590. The molecule has 0 aliphatic heterocycles. The fourth-order valence-corrected chi connectivity index (χ4v) is 3.81. The molecule has 2 heteroatoms. The van der Waals surface area contributed by atoms with Crippen LogP contribution >= 0.6 is 0 Å². The smallest absolute Gasteiger partial charge is 0.127 e. The average Bonchev–Trinajstić information content (AvgIpc) is 2.45. The lowest BCUT2D eigenvalue weighted by molar-refractivity contribution is 0.122. The Balaban J connectivity index is 2.15. The van der Waals surface area contributed by atoms with E-state index in [1.165, 1.54) is 25.7 Å². The Morgan fingerprint density at radius 1 is 1.19 bits per heavy atom. The van der Waals surface area contributed by atoms with Crippen molar-refractivity contribution in [1.29, 1.82) is 0 Å². The molecule has 0 radical (unpaired) electrons. The quantitative estimate of drug-likeness (QED) is 0.775. The van der Waals surface area contributed by atoms with Gasteiger partial charge in [-0.2, -0.15) is 0 Å². The molecule has 0 aromatic heterocycles. The van der Waals surface area contributed by atoms with Gasteiger partial charge in [-0.05, 0) is 36.7 Å². The molecule has 118 valence electrons. The highest BCUT2D eigenvalue weighted by molar-refractivity contribution is 5.21. The summed E-state index contributed by atoms with van der Waals surface area (Å²) in [7, 11) is 0. The van der Waals surface area contributed by atoms with E-state index in [9.17, 15) is 4.39 Å². The van der Waals surface area contributed by atoms with Crippen LogP contribution in [0.15, 0.2) is 24.3 Å². The lowest BCUT2D eigenvalue weighted by atomic mass is 9.69. The predicted octanol–water partition coefficient (Wildman–Crippen LogP) is 5.47. The Labute approximate surface area is 129 Å². The van der Waals surface area contributed by atoms with Crippen LogP contribution in [0.3, 0.4) is 0 Å². The summed E-state index contributed by atoms with van der Waals surface area (Å²) in [5.41, 5.74) is 1.13. The van der Waals surface area contributed by atoms with Crippen molar-refractivity contribution in [2.24, 2.45) is 11.3 Å². The normalized spacial score (nSPS) is 24.8. The van der Waals surface area contributed by atoms with Crippen molar-refractivity contribution in [3.8, 4) is 0 Å². The van der Waals surface area contributed by atoms with Crippen molar-refractivity contribution in [1.82, 2.24) is 5.32 Å². The second-order valence-corrected chi connectivity index (χ2v) is 7.51. The number of hydrogen-bond acceptors (Lipinski definition) is 1. The maximum Gasteiger partial charge on any atom is 0.127 e. The molecular weight excluding hydrogens is 261 g/mol. The van der Waals surface area contributed by atoms with E-state index in [0.717, 1.165) is 12.0 Å². The zero-order valence-corrected chi connectivity index (χ0v) is 14.0. The van der Waals surface area contributed by atoms with Gasteiger partial charge < -0.3 is 5.32 Å². The Hall–Kier alpha value is -0.890. The molecule has 1 aromatic rings. The van der Waals surface area contributed by atoms with E-state index in [1.807, 2.05) is 12.1 Å². The molecule has 1 aliphatic carbocycles. The molecule has 1 aromatic carbocycles. The highest BCUT2D eigenvalue weighted by Gasteiger charge is 2.35. The van der Waals surface area contributed by atoms with Crippen molar-refractivity contribution in [3.63, 3.8) is 0 Å². The molecule has 1 N–H and O–H groups in total. The fraction of sp³-hybridized carbons (Fsp3) is 0.684. The number of benzene rings is 1. The Bertz CT molecular complexity index is 449. The van der Waals surface area contributed by atoms with Crippen molar-refractivity contribution in [2.75, 3.05) is 0 Å². The van der Waals surface area contributed by atoms with E-state index in [1.54, 1.807) is 12.1 Å². The third-order valence-electron chi connectivity index (χ3n) is 4.98. The van der Waals surface area contributed by atoms with Gasteiger partial charge in [0.05, 0.1) is 0 Å². The van der Waals surface area contributed by atoms with Gasteiger partial charge in [0, 0.05) is 17.6 Å². The second kappa shape index (κ2) is 6.91. The Morgan fingerprint density at radius 2 is 1.86 bits per heavy atom. The molecule has 0 amide bonds.